The molecule has 0 heteroatoms. The summed E-state index contributed by atoms with van der Waals surface area (Å²) in [6, 6.07) is 0. The molecular weight excluding hydrogens is 156 g/mol. The van der Waals surface area contributed by atoms with E-state index >= 15 is 0 Å². The van der Waals surface area contributed by atoms with Gasteiger partial charge in [-0.05, 0) is 6.42 Å². The SMILES string of the molecule is C[CH-]CC(C)(C)CC1=CC=C[CH-]C1. The summed E-state index contributed by atoms with van der Waals surface area (Å²) in [6.07, 6.45) is 14.6. The van der Waals surface area contributed by atoms with Crippen LogP contribution in [0.15, 0.2) is 23.8 Å². The Bertz CT molecular complexity index is 206. The van der Waals surface area contributed by atoms with E-state index < -0.39 is 0 Å². The van der Waals surface area contributed by atoms with E-state index in [2.05, 4.69) is 51.8 Å². The summed E-state index contributed by atoms with van der Waals surface area (Å²) < 4.78 is 0. The van der Waals surface area contributed by atoms with Gasteiger partial charge in [0.2, 0.25) is 0 Å². The Labute approximate surface area is 82.7 Å². The van der Waals surface area contributed by atoms with Gasteiger partial charge in [0.05, 0.1) is 0 Å². The molecule has 0 unspecified atom stereocenters. The van der Waals surface area contributed by atoms with E-state index in [0.29, 0.717) is 5.41 Å². The van der Waals surface area contributed by atoms with Crippen molar-refractivity contribution in [3.8, 4) is 0 Å². The zero-order valence-corrected chi connectivity index (χ0v) is 9.01. The molecule has 0 fully saturated rings. The van der Waals surface area contributed by atoms with Gasteiger partial charge in [-0.15, -0.1) is 11.6 Å². The van der Waals surface area contributed by atoms with Gasteiger partial charge in [0.1, 0.15) is 0 Å². The molecule has 1 rings (SSSR count). The normalized spacial score (nSPS) is 16.7. The van der Waals surface area contributed by atoms with Crippen molar-refractivity contribution in [3.05, 3.63) is 36.6 Å². The maximum Gasteiger partial charge on any atom is -0.0317 e. The van der Waals surface area contributed by atoms with Crippen LogP contribution in [-0.4, -0.2) is 0 Å². The van der Waals surface area contributed by atoms with Gasteiger partial charge in [0, 0.05) is 0 Å². The average Bonchev–Trinajstić information content (AvgIpc) is 2.04. The van der Waals surface area contributed by atoms with Crippen molar-refractivity contribution in [2.75, 3.05) is 0 Å². The van der Waals surface area contributed by atoms with Crippen molar-refractivity contribution in [2.45, 2.75) is 40.0 Å². The third kappa shape index (κ3) is 3.71. The molecule has 0 aromatic rings. The van der Waals surface area contributed by atoms with Gasteiger partial charge in [-0.2, -0.15) is 13.3 Å². The lowest BCUT2D eigenvalue weighted by atomic mass is 9.80. The number of hydrogen-bond donors (Lipinski definition) is 0. The fraction of sp³-hybridized carbons (Fsp3) is 0.538. The molecular formula is C13H20-2. The van der Waals surface area contributed by atoms with Crippen molar-refractivity contribution in [2.24, 2.45) is 5.41 Å². The van der Waals surface area contributed by atoms with E-state index in [1.54, 1.807) is 5.57 Å². The summed E-state index contributed by atoms with van der Waals surface area (Å²) >= 11 is 0. The second kappa shape index (κ2) is 4.55. The minimum absolute atomic E-state index is 0.430. The molecule has 1 aliphatic carbocycles. The maximum atomic E-state index is 2.34. The molecule has 0 saturated heterocycles. The van der Waals surface area contributed by atoms with Crippen molar-refractivity contribution in [1.82, 2.24) is 0 Å². The Morgan fingerprint density at radius 2 is 2.31 bits per heavy atom. The van der Waals surface area contributed by atoms with Crippen LogP contribution in [0.1, 0.15) is 40.0 Å². The average molecular weight is 176 g/mol. The standard InChI is InChI=1S/C13H20/c1-4-10-13(2,3)11-12-8-6-5-7-9-12/h4-8H,9-11H2,1-3H3/q-2. The molecule has 0 spiro atoms. The summed E-state index contributed by atoms with van der Waals surface area (Å²) in [7, 11) is 0. The first kappa shape index (κ1) is 10.4. The summed E-state index contributed by atoms with van der Waals surface area (Å²) in [4.78, 5) is 0. The fourth-order valence-electron chi connectivity index (χ4n) is 1.93. The van der Waals surface area contributed by atoms with E-state index in [0.717, 1.165) is 6.42 Å². The molecule has 0 radical (unpaired) electrons. The second-order valence-corrected chi connectivity index (χ2v) is 4.60. The van der Waals surface area contributed by atoms with Crippen molar-refractivity contribution in [1.29, 1.82) is 0 Å². The van der Waals surface area contributed by atoms with Gasteiger partial charge in [0.15, 0.2) is 0 Å². The fourth-order valence-corrected chi connectivity index (χ4v) is 1.93. The van der Waals surface area contributed by atoms with Gasteiger partial charge >= 0.3 is 0 Å². The maximum absolute atomic E-state index is 2.34. The first-order chi connectivity index (χ1) is 6.14. The third-order valence-electron chi connectivity index (χ3n) is 2.42. The minimum Gasteiger partial charge on any atom is -0.331 e. The van der Waals surface area contributed by atoms with Crippen LogP contribution in [0.4, 0.5) is 0 Å². The summed E-state index contributed by atoms with van der Waals surface area (Å²) in [6.45, 7) is 6.82. The van der Waals surface area contributed by atoms with Crippen LogP contribution in [0.2, 0.25) is 0 Å². The van der Waals surface area contributed by atoms with Crippen molar-refractivity contribution in [3.63, 3.8) is 0 Å². The van der Waals surface area contributed by atoms with E-state index in [4.69, 9.17) is 0 Å². The Balaban J connectivity index is 2.46. The lowest BCUT2D eigenvalue weighted by molar-refractivity contribution is 0.353. The predicted molar refractivity (Wildman–Crippen MR) is 59.1 cm³/mol. The van der Waals surface area contributed by atoms with E-state index in [9.17, 15) is 0 Å². The first-order valence-corrected chi connectivity index (χ1v) is 5.10. The molecule has 0 aliphatic heterocycles. The zero-order chi connectivity index (χ0) is 9.73. The molecule has 0 aromatic carbocycles. The highest BCUT2D eigenvalue weighted by Crippen LogP contribution is 2.32. The highest BCUT2D eigenvalue weighted by Gasteiger charge is 2.13. The Hall–Kier alpha value is -0.650. The Morgan fingerprint density at radius 1 is 1.54 bits per heavy atom. The molecule has 1 aliphatic rings. The molecule has 0 aromatic heterocycles. The quantitative estimate of drug-likeness (QED) is 0.565. The van der Waals surface area contributed by atoms with Gasteiger partial charge < -0.3 is 6.42 Å². The lowest BCUT2D eigenvalue weighted by Gasteiger charge is -2.31. The van der Waals surface area contributed by atoms with Gasteiger partial charge in [-0.25, -0.2) is 18.6 Å². The molecule has 0 atom stereocenters. The summed E-state index contributed by atoms with van der Waals surface area (Å²) in [5, 5.41) is 0. The second-order valence-electron chi connectivity index (χ2n) is 4.60. The smallest absolute Gasteiger partial charge is 0.0317 e. The van der Waals surface area contributed by atoms with E-state index in [1.807, 2.05) is 0 Å². The largest absolute Gasteiger partial charge is 0.331 e. The van der Waals surface area contributed by atoms with Gasteiger partial charge in [0.25, 0.3) is 0 Å². The molecule has 0 heterocycles. The van der Waals surface area contributed by atoms with Gasteiger partial charge in [-0.1, -0.05) is 25.7 Å². The van der Waals surface area contributed by atoms with Crippen LogP contribution in [0.5, 0.6) is 0 Å². The Kier molecular flexibility index (Phi) is 3.65. The molecule has 13 heavy (non-hydrogen) atoms. The highest BCUT2D eigenvalue weighted by molar-refractivity contribution is 5.24. The minimum atomic E-state index is 0.430. The third-order valence-corrected chi connectivity index (χ3v) is 2.42. The highest BCUT2D eigenvalue weighted by atomic mass is 14.2. The Morgan fingerprint density at radius 3 is 2.85 bits per heavy atom. The lowest BCUT2D eigenvalue weighted by Crippen LogP contribution is -2.12. The summed E-state index contributed by atoms with van der Waals surface area (Å²) in [5.74, 6) is 0. The van der Waals surface area contributed by atoms with Crippen LogP contribution < -0.4 is 0 Å². The number of rotatable bonds is 4. The van der Waals surface area contributed by atoms with E-state index in [1.165, 1.54) is 12.8 Å². The van der Waals surface area contributed by atoms with Crippen LogP contribution >= 0.6 is 0 Å². The number of hydrogen-bond acceptors (Lipinski definition) is 0. The predicted octanol–water partition coefficient (Wildman–Crippen LogP) is 4.11. The topological polar surface area (TPSA) is 0 Å². The van der Waals surface area contributed by atoms with Crippen LogP contribution in [0, 0.1) is 18.3 Å². The van der Waals surface area contributed by atoms with Crippen molar-refractivity contribution >= 4 is 0 Å². The first-order valence-electron chi connectivity index (χ1n) is 5.10. The summed E-state index contributed by atoms with van der Waals surface area (Å²) in [5.41, 5.74) is 1.99. The molecule has 0 N–H and O–H groups in total. The van der Waals surface area contributed by atoms with E-state index in [-0.39, 0.29) is 0 Å². The number of allylic oxidation sites excluding steroid dienone is 4. The van der Waals surface area contributed by atoms with Crippen LogP contribution in [-0.2, 0) is 0 Å². The zero-order valence-electron chi connectivity index (χ0n) is 9.01. The van der Waals surface area contributed by atoms with Crippen molar-refractivity contribution < 1.29 is 0 Å². The van der Waals surface area contributed by atoms with Crippen LogP contribution in [0.25, 0.3) is 0 Å². The van der Waals surface area contributed by atoms with Gasteiger partial charge in [-0.3, -0.25) is 0 Å². The molecule has 0 nitrogen and oxygen atoms in total. The molecule has 0 bridgehead atoms. The molecule has 0 saturated carbocycles. The molecule has 0 amide bonds. The monoisotopic (exact) mass is 176 g/mol. The molecule has 74 valence electrons. The van der Waals surface area contributed by atoms with Crippen LogP contribution in [0.3, 0.4) is 0 Å².